The minimum absolute atomic E-state index is 0.0978. The molecule has 1 saturated heterocycles. The van der Waals surface area contributed by atoms with Crippen molar-refractivity contribution in [3.63, 3.8) is 0 Å². The number of nitrogens with one attached hydrogen (secondary N) is 1. The van der Waals surface area contributed by atoms with E-state index < -0.39 is 17.1 Å². The second-order valence-corrected chi connectivity index (χ2v) is 12.1. The number of benzene rings is 3. The van der Waals surface area contributed by atoms with Gasteiger partial charge in [-0.15, -0.1) is 0 Å². The summed E-state index contributed by atoms with van der Waals surface area (Å²) in [7, 11) is 0. The number of carbonyl (C=O) groups excluding carboxylic acids is 3. The van der Waals surface area contributed by atoms with E-state index in [4.69, 9.17) is 9.47 Å². The fourth-order valence-corrected chi connectivity index (χ4v) is 4.89. The molecule has 1 aliphatic rings. The van der Waals surface area contributed by atoms with E-state index in [1.807, 2.05) is 24.3 Å². The van der Waals surface area contributed by atoms with Crippen LogP contribution in [-0.4, -0.2) is 41.7 Å². The molecule has 1 heterocycles. The number of amides is 3. The summed E-state index contributed by atoms with van der Waals surface area (Å²) in [5, 5.41) is 2.23. The average Bonchev–Trinajstić information content (AvgIpc) is 3.16. The molecule has 0 aliphatic carbocycles. The summed E-state index contributed by atoms with van der Waals surface area (Å²) >= 11 is 2.99. The van der Waals surface area contributed by atoms with Gasteiger partial charge in [-0.3, -0.25) is 19.3 Å². The van der Waals surface area contributed by atoms with Gasteiger partial charge in [0.2, 0.25) is 5.91 Å². The molecule has 4 rings (SSSR count). The largest absolute Gasteiger partial charge is 0.490 e. The number of hydrogen-bond acceptors (Lipinski definition) is 6. The highest BCUT2D eigenvalue weighted by molar-refractivity contribution is 14.1. The van der Waals surface area contributed by atoms with Gasteiger partial charge in [-0.2, -0.15) is 0 Å². The number of carbonyl (C=O) groups is 3. The third-order valence-corrected chi connectivity index (χ3v) is 7.45. The summed E-state index contributed by atoms with van der Waals surface area (Å²) in [6.07, 6.45) is 1.63. The normalized spacial score (nSPS) is 14.6. The van der Waals surface area contributed by atoms with Crippen molar-refractivity contribution in [3.8, 4) is 11.5 Å². The van der Waals surface area contributed by atoms with Crippen LogP contribution in [0.15, 0.2) is 77.7 Å². The lowest BCUT2D eigenvalue weighted by atomic mass is 9.87. The molecule has 0 bridgehead atoms. The van der Waals surface area contributed by atoms with Crippen LogP contribution < -0.4 is 14.8 Å². The summed E-state index contributed by atoms with van der Waals surface area (Å²) in [6.45, 7) is 6.96. The fraction of sp³-hybridized carbons (Fsp3) is 0.233. The van der Waals surface area contributed by atoms with Crippen LogP contribution in [0.2, 0.25) is 0 Å². The Morgan fingerprint density at radius 3 is 2.03 bits per heavy atom. The predicted octanol–water partition coefficient (Wildman–Crippen LogP) is 6.72. The molecule has 0 aromatic heterocycles. The van der Waals surface area contributed by atoms with E-state index in [2.05, 4.69) is 60.8 Å². The van der Waals surface area contributed by atoms with Gasteiger partial charge in [-0.1, -0.05) is 45.0 Å². The van der Waals surface area contributed by atoms with Gasteiger partial charge in [0.15, 0.2) is 0 Å². The molecule has 0 spiro atoms. The van der Waals surface area contributed by atoms with Gasteiger partial charge in [-0.25, -0.2) is 0 Å². The molecule has 0 unspecified atom stereocenters. The van der Waals surface area contributed by atoms with E-state index in [1.165, 1.54) is 5.56 Å². The molecule has 0 saturated carbocycles. The number of thioether (sulfide) groups is 1. The topological polar surface area (TPSA) is 84.9 Å². The van der Waals surface area contributed by atoms with Gasteiger partial charge in [-0.05, 0) is 106 Å². The van der Waals surface area contributed by atoms with E-state index in [9.17, 15) is 14.4 Å². The Balaban J connectivity index is 1.25. The number of rotatable bonds is 9. The zero-order valence-electron chi connectivity index (χ0n) is 21.9. The summed E-state index contributed by atoms with van der Waals surface area (Å²) in [5.41, 5.74) is 2.69. The lowest BCUT2D eigenvalue weighted by Crippen LogP contribution is -2.36. The van der Waals surface area contributed by atoms with Gasteiger partial charge >= 0.3 is 0 Å². The number of halogens is 1. The lowest BCUT2D eigenvalue weighted by Gasteiger charge is -2.19. The van der Waals surface area contributed by atoms with E-state index in [-0.39, 0.29) is 16.9 Å². The minimum atomic E-state index is -0.490. The fourth-order valence-electron chi connectivity index (χ4n) is 3.70. The van der Waals surface area contributed by atoms with Crippen molar-refractivity contribution in [2.45, 2.75) is 26.2 Å². The Hall–Kier alpha value is -3.31. The molecule has 1 N–H and O–H groups in total. The van der Waals surface area contributed by atoms with Crippen molar-refractivity contribution in [1.29, 1.82) is 0 Å². The number of nitrogens with zero attached hydrogens (tertiary/aromatic N) is 1. The molecule has 0 radical (unpaired) electrons. The Kier molecular flexibility index (Phi) is 9.34. The van der Waals surface area contributed by atoms with Crippen molar-refractivity contribution in [1.82, 2.24) is 4.90 Å². The van der Waals surface area contributed by atoms with Gasteiger partial charge < -0.3 is 14.8 Å². The van der Waals surface area contributed by atoms with E-state index in [1.54, 1.807) is 42.5 Å². The van der Waals surface area contributed by atoms with Crippen LogP contribution in [-0.2, 0) is 15.0 Å². The van der Waals surface area contributed by atoms with Crippen LogP contribution in [0.4, 0.5) is 10.5 Å². The van der Waals surface area contributed by atoms with Crippen LogP contribution in [0, 0.1) is 3.57 Å². The molecule has 9 heteroatoms. The quantitative estimate of drug-likeness (QED) is 0.156. The van der Waals surface area contributed by atoms with Crippen molar-refractivity contribution in [2.75, 3.05) is 25.1 Å². The maximum absolute atomic E-state index is 12.8. The first-order chi connectivity index (χ1) is 18.6. The van der Waals surface area contributed by atoms with Crippen LogP contribution >= 0.6 is 34.4 Å². The van der Waals surface area contributed by atoms with E-state index in [0.29, 0.717) is 24.7 Å². The highest BCUT2D eigenvalue weighted by Crippen LogP contribution is 2.32. The SMILES string of the molecule is CC(C)(C)c1ccc(OCCOc2ccc(/C=C3\SC(=O)N(CC(=O)Nc4ccc(I)cc4)C3=O)cc2)cc1. The van der Waals surface area contributed by atoms with Crippen LogP contribution in [0.5, 0.6) is 11.5 Å². The third kappa shape index (κ3) is 8.09. The van der Waals surface area contributed by atoms with Gasteiger partial charge in [0.1, 0.15) is 31.3 Å². The van der Waals surface area contributed by atoms with E-state index >= 15 is 0 Å². The molecule has 39 heavy (non-hydrogen) atoms. The standard InChI is InChI=1S/C30H29IN2O5S/c1-30(2,3)21-6-14-25(15-7-21)38-17-16-37-24-12-4-20(5-13-24)18-26-28(35)33(29(36)39-26)19-27(34)32-23-10-8-22(31)9-11-23/h4-15,18H,16-17,19H2,1-3H3,(H,32,34)/b26-18-. The Bertz CT molecular complexity index is 1360. The molecular weight excluding hydrogens is 627 g/mol. The first-order valence-corrected chi connectivity index (χ1v) is 14.2. The molecule has 0 atom stereocenters. The smallest absolute Gasteiger partial charge is 0.294 e. The predicted molar refractivity (Wildman–Crippen MR) is 163 cm³/mol. The summed E-state index contributed by atoms with van der Waals surface area (Å²) in [5.74, 6) is 0.533. The van der Waals surface area contributed by atoms with Gasteiger partial charge in [0.25, 0.3) is 11.1 Å². The molecule has 202 valence electrons. The van der Waals surface area contributed by atoms with Gasteiger partial charge in [0, 0.05) is 9.26 Å². The zero-order valence-corrected chi connectivity index (χ0v) is 24.9. The molecule has 3 aromatic carbocycles. The molecule has 7 nitrogen and oxygen atoms in total. The highest BCUT2D eigenvalue weighted by Gasteiger charge is 2.36. The zero-order chi connectivity index (χ0) is 28.0. The summed E-state index contributed by atoms with van der Waals surface area (Å²) < 4.78 is 12.6. The van der Waals surface area contributed by atoms with Crippen molar-refractivity contribution >= 4 is 63.2 Å². The minimum Gasteiger partial charge on any atom is -0.490 e. The second kappa shape index (κ2) is 12.7. The number of hydrogen-bond donors (Lipinski definition) is 1. The summed E-state index contributed by atoms with van der Waals surface area (Å²) in [6, 6.07) is 22.5. The third-order valence-electron chi connectivity index (χ3n) is 5.82. The number of ether oxygens (including phenoxy) is 2. The second-order valence-electron chi connectivity index (χ2n) is 9.86. The number of imide groups is 1. The molecule has 1 fully saturated rings. The van der Waals surface area contributed by atoms with Crippen molar-refractivity contribution in [2.24, 2.45) is 0 Å². The monoisotopic (exact) mass is 656 g/mol. The maximum Gasteiger partial charge on any atom is 0.294 e. The molecule has 1 aliphatic heterocycles. The van der Waals surface area contributed by atoms with Crippen LogP contribution in [0.25, 0.3) is 6.08 Å². The molecule has 3 aromatic rings. The van der Waals surface area contributed by atoms with Crippen molar-refractivity contribution < 1.29 is 23.9 Å². The maximum atomic E-state index is 12.8. The Labute approximate surface area is 246 Å². The van der Waals surface area contributed by atoms with E-state index in [0.717, 1.165) is 31.5 Å². The summed E-state index contributed by atoms with van der Waals surface area (Å²) in [4.78, 5) is 38.8. The van der Waals surface area contributed by atoms with Gasteiger partial charge in [0.05, 0.1) is 4.91 Å². The Morgan fingerprint density at radius 1 is 0.897 bits per heavy atom. The molecule has 3 amide bonds. The first kappa shape index (κ1) is 28.7. The van der Waals surface area contributed by atoms with Crippen LogP contribution in [0.3, 0.4) is 0 Å². The lowest BCUT2D eigenvalue weighted by molar-refractivity contribution is -0.127. The first-order valence-electron chi connectivity index (χ1n) is 12.4. The van der Waals surface area contributed by atoms with Crippen LogP contribution in [0.1, 0.15) is 31.9 Å². The number of anilines is 1. The Morgan fingerprint density at radius 2 is 1.46 bits per heavy atom. The highest BCUT2D eigenvalue weighted by atomic mass is 127. The average molecular weight is 657 g/mol. The van der Waals surface area contributed by atoms with Crippen molar-refractivity contribution in [3.05, 3.63) is 92.4 Å². The molecular formula is C30H29IN2O5S.